The Morgan fingerprint density at radius 3 is 2.54 bits per heavy atom. The van der Waals surface area contributed by atoms with E-state index in [2.05, 4.69) is 0 Å². The minimum atomic E-state index is -2.93. The van der Waals surface area contributed by atoms with Crippen molar-refractivity contribution in [1.82, 2.24) is 0 Å². The summed E-state index contributed by atoms with van der Waals surface area (Å²) in [6.07, 6.45) is 0. The van der Waals surface area contributed by atoms with Crippen LogP contribution in [0.1, 0.15) is 0 Å². The number of benzene rings is 1. The number of rotatable bonds is 2. The van der Waals surface area contributed by atoms with Crippen LogP contribution in [-0.4, -0.2) is 9.97 Å². The van der Waals surface area contributed by atoms with Gasteiger partial charge < -0.3 is 5.73 Å². The zero-order chi connectivity index (χ0) is 10.0. The van der Waals surface area contributed by atoms with Gasteiger partial charge in [-0.15, -0.1) is 0 Å². The highest BCUT2D eigenvalue weighted by Crippen LogP contribution is 2.24. The Hall–Kier alpha value is -0.680. The van der Waals surface area contributed by atoms with Gasteiger partial charge in [-0.1, -0.05) is 11.6 Å². The Balaban J connectivity index is 3.09. The molecule has 0 bridgehead atoms. The maximum Gasteiger partial charge on any atom is 0.316 e. The molecule has 1 atom stereocenters. The van der Waals surface area contributed by atoms with Crippen molar-refractivity contribution < 1.29 is 13.0 Å². The average molecular weight is 226 g/mol. The topological polar surface area (TPSA) is 43.1 Å². The lowest BCUT2D eigenvalue weighted by atomic mass is 10.3. The number of hydrogen-bond donors (Lipinski definition) is 1. The molecule has 0 aliphatic carbocycles. The van der Waals surface area contributed by atoms with Crippen molar-refractivity contribution in [2.45, 2.75) is 10.7 Å². The third kappa shape index (κ3) is 2.38. The molecule has 0 aliphatic heterocycles. The summed E-state index contributed by atoms with van der Waals surface area (Å²) < 4.78 is 34.9. The van der Waals surface area contributed by atoms with Gasteiger partial charge in [-0.3, -0.25) is 0 Å². The van der Waals surface area contributed by atoms with E-state index < -0.39 is 16.6 Å². The molecule has 0 amide bonds. The van der Waals surface area contributed by atoms with Crippen LogP contribution in [0.4, 0.5) is 14.5 Å². The van der Waals surface area contributed by atoms with Crippen LogP contribution in [0.3, 0.4) is 0 Å². The minimum Gasteiger partial charge on any atom is -0.399 e. The van der Waals surface area contributed by atoms with Gasteiger partial charge in [-0.05, 0) is 18.2 Å². The van der Waals surface area contributed by atoms with E-state index in [0.717, 1.165) is 0 Å². The van der Waals surface area contributed by atoms with Crippen LogP contribution in [-0.2, 0) is 10.8 Å². The molecule has 0 saturated carbocycles. The Bertz CT molecular complexity index is 345. The third-order valence-electron chi connectivity index (χ3n) is 1.33. The Morgan fingerprint density at radius 1 is 1.46 bits per heavy atom. The van der Waals surface area contributed by atoms with Gasteiger partial charge in [0.15, 0.2) is 0 Å². The van der Waals surface area contributed by atoms with Gasteiger partial charge in [0.25, 0.3) is 0 Å². The summed E-state index contributed by atoms with van der Waals surface area (Å²) in [6.45, 7) is 0. The van der Waals surface area contributed by atoms with E-state index in [0.29, 0.717) is 5.69 Å². The highest BCUT2D eigenvalue weighted by molar-refractivity contribution is 7.85. The first kappa shape index (κ1) is 10.4. The predicted octanol–water partition coefficient (Wildman–Crippen LogP) is 2.25. The standard InChI is InChI=1S/C7H6ClF2NOS/c8-5-3-4(11)1-2-6(5)13(12)7(9)10/h1-3,7H,11H2. The van der Waals surface area contributed by atoms with Crippen LogP contribution in [0.2, 0.25) is 5.02 Å². The predicted molar refractivity (Wildman–Crippen MR) is 48.3 cm³/mol. The molecule has 2 nitrogen and oxygen atoms in total. The number of anilines is 1. The van der Waals surface area contributed by atoms with Gasteiger partial charge in [-0.2, -0.15) is 8.78 Å². The molecule has 0 spiro atoms. The quantitative estimate of drug-likeness (QED) is 0.785. The van der Waals surface area contributed by atoms with Gasteiger partial charge >= 0.3 is 5.76 Å². The number of nitrogen functional groups attached to an aromatic ring is 1. The number of hydrogen-bond acceptors (Lipinski definition) is 2. The highest BCUT2D eigenvalue weighted by atomic mass is 35.5. The monoisotopic (exact) mass is 225 g/mol. The molecule has 0 saturated heterocycles. The maximum atomic E-state index is 12.0. The van der Waals surface area contributed by atoms with E-state index >= 15 is 0 Å². The fourth-order valence-electron chi connectivity index (χ4n) is 0.776. The molecule has 1 aromatic carbocycles. The van der Waals surface area contributed by atoms with E-state index in [9.17, 15) is 13.0 Å². The van der Waals surface area contributed by atoms with Crippen molar-refractivity contribution in [3.63, 3.8) is 0 Å². The first-order valence-corrected chi connectivity index (χ1v) is 4.85. The normalized spacial score (nSPS) is 13.2. The summed E-state index contributed by atoms with van der Waals surface area (Å²) in [5.41, 5.74) is 5.68. The fourth-order valence-corrected chi connectivity index (χ4v) is 1.84. The van der Waals surface area contributed by atoms with Gasteiger partial charge in [0.2, 0.25) is 0 Å². The first-order chi connectivity index (χ1) is 6.02. The zero-order valence-electron chi connectivity index (χ0n) is 6.34. The smallest absolute Gasteiger partial charge is 0.316 e. The van der Waals surface area contributed by atoms with E-state index in [-0.39, 0.29) is 9.92 Å². The van der Waals surface area contributed by atoms with Crippen LogP contribution < -0.4 is 5.73 Å². The molecule has 0 aromatic heterocycles. The second-order valence-electron chi connectivity index (χ2n) is 2.25. The Labute approximate surface area is 81.1 Å². The second-order valence-corrected chi connectivity index (χ2v) is 4.05. The van der Waals surface area contributed by atoms with Crippen LogP contribution >= 0.6 is 11.6 Å². The van der Waals surface area contributed by atoms with Crippen molar-refractivity contribution >= 4 is 28.1 Å². The van der Waals surface area contributed by atoms with Gasteiger partial charge in [0.1, 0.15) is 10.8 Å². The van der Waals surface area contributed by atoms with E-state index in [1.54, 1.807) is 0 Å². The highest BCUT2D eigenvalue weighted by Gasteiger charge is 2.18. The largest absolute Gasteiger partial charge is 0.399 e. The van der Waals surface area contributed by atoms with Crippen LogP contribution in [0.25, 0.3) is 0 Å². The summed E-state index contributed by atoms with van der Waals surface area (Å²) in [6, 6.07) is 3.90. The summed E-state index contributed by atoms with van der Waals surface area (Å²) >= 11 is 5.56. The molecule has 2 N–H and O–H groups in total. The Morgan fingerprint density at radius 2 is 2.08 bits per heavy atom. The van der Waals surface area contributed by atoms with E-state index in [1.807, 2.05) is 0 Å². The summed E-state index contributed by atoms with van der Waals surface area (Å²) in [5.74, 6) is -2.93. The first-order valence-electron chi connectivity index (χ1n) is 3.26. The summed E-state index contributed by atoms with van der Waals surface area (Å²) in [5, 5.41) is -0.00127. The lowest BCUT2D eigenvalue weighted by Gasteiger charge is -2.03. The third-order valence-corrected chi connectivity index (χ3v) is 2.87. The number of halogens is 3. The molecule has 0 aliphatic rings. The van der Waals surface area contributed by atoms with Crippen LogP contribution in [0.5, 0.6) is 0 Å². The van der Waals surface area contributed by atoms with Crippen LogP contribution in [0, 0.1) is 0 Å². The molecule has 0 radical (unpaired) electrons. The van der Waals surface area contributed by atoms with Gasteiger partial charge in [-0.25, -0.2) is 4.21 Å². The second kappa shape index (κ2) is 4.02. The molecule has 1 unspecified atom stereocenters. The van der Waals surface area contributed by atoms with E-state index in [1.165, 1.54) is 18.2 Å². The molecule has 13 heavy (non-hydrogen) atoms. The molecule has 6 heteroatoms. The Kier molecular flexibility index (Phi) is 3.22. The summed E-state index contributed by atoms with van der Waals surface area (Å²) in [7, 11) is -2.38. The molecular formula is C7H6ClF2NOS. The van der Waals surface area contributed by atoms with Crippen molar-refractivity contribution in [1.29, 1.82) is 0 Å². The minimum absolute atomic E-state index is 0.00127. The lowest BCUT2D eigenvalue weighted by molar-refractivity contribution is 0.244. The van der Waals surface area contributed by atoms with Crippen molar-refractivity contribution in [2.75, 3.05) is 5.73 Å². The number of alkyl halides is 2. The van der Waals surface area contributed by atoms with Gasteiger partial charge in [0, 0.05) is 5.69 Å². The molecule has 0 fully saturated rings. The average Bonchev–Trinajstić information content (AvgIpc) is 2.03. The fraction of sp³-hybridized carbons (Fsp3) is 0.143. The van der Waals surface area contributed by atoms with Gasteiger partial charge in [0.05, 0.1) is 9.92 Å². The maximum absolute atomic E-state index is 12.0. The summed E-state index contributed by atoms with van der Waals surface area (Å²) in [4.78, 5) is -0.0918. The van der Waals surface area contributed by atoms with Crippen molar-refractivity contribution in [3.8, 4) is 0 Å². The lowest BCUT2D eigenvalue weighted by Crippen LogP contribution is -2.03. The van der Waals surface area contributed by atoms with E-state index in [4.69, 9.17) is 17.3 Å². The SMILES string of the molecule is Nc1ccc(S(=O)C(F)F)c(Cl)c1. The number of nitrogens with two attached hydrogens (primary N) is 1. The van der Waals surface area contributed by atoms with Crippen LogP contribution in [0.15, 0.2) is 23.1 Å². The van der Waals surface area contributed by atoms with Crippen molar-refractivity contribution in [3.05, 3.63) is 23.2 Å². The molecule has 1 aromatic rings. The molecule has 72 valence electrons. The van der Waals surface area contributed by atoms with Crippen molar-refractivity contribution in [2.24, 2.45) is 0 Å². The molecule has 1 rings (SSSR count). The zero-order valence-corrected chi connectivity index (χ0v) is 7.91. The molecule has 0 heterocycles. The molecular weight excluding hydrogens is 220 g/mol.